The molecule has 0 bridgehead atoms. The van der Waals surface area contributed by atoms with Crippen molar-refractivity contribution in [3.8, 4) is 5.75 Å². The van der Waals surface area contributed by atoms with E-state index in [9.17, 15) is 14.0 Å². The normalized spacial score (nSPS) is 16.6. The maximum atomic E-state index is 12.9. The number of halogens is 1. The summed E-state index contributed by atoms with van der Waals surface area (Å²) in [7, 11) is 0. The summed E-state index contributed by atoms with van der Waals surface area (Å²) >= 11 is 0. The maximum Gasteiger partial charge on any atom is 0.258 e. The Labute approximate surface area is 151 Å². The summed E-state index contributed by atoms with van der Waals surface area (Å²) in [5.41, 5.74) is 0.975. The van der Waals surface area contributed by atoms with E-state index in [-0.39, 0.29) is 30.3 Å². The van der Waals surface area contributed by atoms with Gasteiger partial charge in [-0.05, 0) is 36.2 Å². The molecule has 0 radical (unpaired) electrons. The number of nitrogens with one attached hydrogen (secondary N) is 1. The van der Waals surface area contributed by atoms with Gasteiger partial charge in [0.05, 0.1) is 6.04 Å². The molecule has 1 fully saturated rings. The van der Waals surface area contributed by atoms with Crippen LogP contribution in [0.4, 0.5) is 4.39 Å². The zero-order valence-electron chi connectivity index (χ0n) is 14.4. The van der Waals surface area contributed by atoms with Gasteiger partial charge in [0.15, 0.2) is 6.61 Å². The number of hydrogen-bond donors (Lipinski definition) is 1. The number of carbonyl (C=O) groups excluding carboxylic acids is 2. The van der Waals surface area contributed by atoms with Gasteiger partial charge in [0.2, 0.25) is 5.91 Å². The highest BCUT2D eigenvalue weighted by molar-refractivity contribution is 5.82. The molecular weight excluding hydrogens is 335 g/mol. The Hall–Kier alpha value is -2.89. The lowest BCUT2D eigenvalue weighted by atomic mass is 10.1. The van der Waals surface area contributed by atoms with Crippen molar-refractivity contribution in [1.29, 1.82) is 0 Å². The molecule has 0 aliphatic carbocycles. The number of rotatable bonds is 7. The van der Waals surface area contributed by atoms with Crippen LogP contribution >= 0.6 is 0 Å². The summed E-state index contributed by atoms with van der Waals surface area (Å²) in [6, 6.07) is 15.2. The summed E-state index contributed by atoms with van der Waals surface area (Å²) in [6.07, 6.45) is 0.949. The number of nitrogens with zero attached hydrogens (tertiary/aromatic N) is 1. The van der Waals surface area contributed by atoms with Gasteiger partial charge in [-0.3, -0.25) is 9.59 Å². The Morgan fingerprint density at radius 3 is 2.62 bits per heavy atom. The van der Waals surface area contributed by atoms with E-state index in [0.29, 0.717) is 31.7 Å². The van der Waals surface area contributed by atoms with Crippen molar-refractivity contribution in [2.45, 2.75) is 18.9 Å². The molecule has 3 rings (SSSR count). The molecule has 2 aromatic rings. The zero-order valence-corrected chi connectivity index (χ0v) is 14.4. The van der Waals surface area contributed by atoms with E-state index in [1.54, 1.807) is 29.2 Å². The highest BCUT2D eigenvalue weighted by atomic mass is 19.1. The van der Waals surface area contributed by atoms with Crippen LogP contribution in [0, 0.1) is 5.82 Å². The topological polar surface area (TPSA) is 58.6 Å². The number of amides is 2. The fraction of sp³-hybridized carbons (Fsp3) is 0.300. The lowest BCUT2D eigenvalue weighted by Gasteiger charge is -2.17. The summed E-state index contributed by atoms with van der Waals surface area (Å²) in [4.78, 5) is 25.8. The van der Waals surface area contributed by atoms with Gasteiger partial charge in [-0.15, -0.1) is 0 Å². The molecule has 1 saturated heterocycles. The van der Waals surface area contributed by atoms with Crippen LogP contribution in [0.3, 0.4) is 0 Å². The number of likely N-dealkylation sites (tertiary alicyclic amines) is 1. The van der Waals surface area contributed by atoms with Crippen molar-refractivity contribution < 1.29 is 18.7 Å². The molecule has 1 aliphatic rings. The first kappa shape index (κ1) is 17.9. The zero-order chi connectivity index (χ0) is 18.4. The van der Waals surface area contributed by atoms with E-state index < -0.39 is 0 Å². The van der Waals surface area contributed by atoms with E-state index in [4.69, 9.17) is 4.74 Å². The predicted octanol–water partition coefficient (Wildman–Crippen LogP) is 2.16. The largest absolute Gasteiger partial charge is 0.484 e. The van der Waals surface area contributed by atoms with E-state index in [1.165, 1.54) is 12.1 Å². The van der Waals surface area contributed by atoms with Crippen LogP contribution < -0.4 is 10.1 Å². The standard InChI is InChI=1S/C20H21FN2O3/c21-16-8-6-15(7-9-16)10-11-23-13-17(12-20(23)25)22-19(24)14-26-18-4-2-1-3-5-18/h1-9,17H,10-14H2,(H,22,24)/t17-/m0/s1. The average molecular weight is 356 g/mol. The van der Waals surface area contributed by atoms with Gasteiger partial charge in [-0.1, -0.05) is 30.3 Å². The second-order valence-corrected chi connectivity index (χ2v) is 6.29. The van der Waals surface area contributed by atoms with Crippen LogP contribution in [-0.2, 0) is 16.0 Å². The van der Waals surface area contributed by atoms with Crippen LogP contribution in [0.15, 0.2) is 54.6 Å². The smallest absolute Gasteiger partial charge is 0.258 e. The number of ether oxygens (including phenoxy) is 1. The molecule has 2 amide bonds. The molecule has 1 atom stereocenters. The van der Waals surface area contributed by atoms with Crippen molar-refractivity contribution in [1.82, 2.24) is 10.2 Å². The maximum absolute atomic E-state index is 12.9. The second kappa shape index (κ2) is 8.47. The molecule has 0 unspecified atom stereocenters. The fourth-order valence-corrected chi connectivity index (χ4v) is 2.94. The van der Waals surface area contributed by atoms with Gasteiger partial charge in [-0.2, -0.15) is 0 Å². The average Bonchev–Trinajstić information content (AvgIpc) is 2.99. The second-order valence-electron chi connectivity index (χ2n) is 6.29. The molecule has 0 saturated carbocycles. The van der Waals surface area contributed by atoms with Crippen molar-refractivity contribution in [2.24, 2.45) is 0 Å². The molecule has 6 heteroatoms. The molecule has 1 heterocycles. The predicted molar refractivity (Wildman–Crippen MR) is 95.2 cm³/mol. The third-order valence-corrected chi connectivity index (χ3v) is 4.28. The number of para-hydroxylation sites is 1. The van der Waals surface area contributed by atoms with Crippen molar-refractivity contribution >= 4 is 11.8 Å². The van der Waals surface area contributed by atoms with Crippen LogP contribution in [0.1, 0.15) is 12.0 Å². The van der Waals surface area contributed by atoms with E-state index in [2.05, 4.69) is 5.32 Å². The van der Waals surface area contributed by atoms with Gasteiger partial charge in [-0.25, -0.2) is 4.39 Å². The Morgan fingerprint density at radius 2 is 1.88 bits per heavy atom. The van der Waals surface area contributed by atoms with Gasteiger partial charge in [0, 0.05) is 19.5 Å². The molecule has 0 aromatic heterocycles. The summed E-state index contributed by atoms with van der Waals surface area (Å²) in [5.74, 6) is 0.131. The van der Waals surface area contributed by atoms with Crippen molar-refractivity contribution in [3.05, 3.63) is 66.0 Å². The minimum atomic E-state index is -0.272. The van der Waals surface area contributed by atoms with Gasteiger partial charge >= 0.3 is 0 Å². The van der Waals surface area contributed by atoms with E-state index >= 15 is 0 Å². The summed E-state index contributed by atoms with van der Waals surface area (Å²) < 4.78 is 18.3. The quantitative estimate of drug-likeness (QED) is 0.827. The molecule has 5 nitrogen and oxygen atoms in total. The third-order valence-electron chi connectivity index (χ3n) is 4.28. The first-order valence-corrected chi connectivity index (χ1v) is 8.59. The van der Waals surface area contributed by atoms with Crippen molar-refractivity contribution in [2.75, 3.05) is 19.7 Å². The fourth-order valence-electron chi connectivity index (χ4n) is 2.94. The molecule has 2 aromatic carbocycles. The lowest BCUT2D eigenvalue weighted by Crippen LogP contribution is -2.39. The Kier molecular flexibility index (Phi) is 5.84. The van der Waals surface area contributed by atoms with Gasteiger partial charge in [0.1, 0.15) is 11.6 Å². The highest BCUT2D eigenvalue weighted by Crippen LogP contribution is 2.13. The molecule has 136 valence electrons. The number of benzene rings is 2. The lowest BCUT2D eigenvalue weighted by molar-refractivity contribution is -0.127. The van der Waals surface area contributed by atoms with E-state index in [1.807, 2.05) is 18.2 Å². The van der Waals surface area contributed by atoms with Crippen LogP contribution in [0.5, 0.6) is 5.75 Å². The van der Waals surface area contributed by atoms with Crippen LogP contribution in [0.25, 0.3) is 0 Å². The molecule has 1 N–H and O–H groups in total. The SMILES string of the molecule is O=C(COc1ccccc1)N[C@H]1CC(=O)N(CCc2ccc(F)cc2)C1. The van der Waals surface area contributed by atoms with Gasteiger partial charge < -0.3 is 15.0 Å². The van der Waals surface area contributed by atoms with Gasteiger partial charge in [0.25, 0.3) is 5.91 Å². The Bertz CT molecular complexity index is 749. The number of carbonyl (C=O) groups is 2. The minimum absolute atomic E-state index is 0.0152. The minimum Gasteiger partial charge on any atom is -0.484 e. The summed E-state index contributed by atoms with van der Waals surface area (Å²) in [6.45, 7) is 0.957. The molecule has 1 aliphatic heterocycles. The summed E-state index contributed by atoms with van der Waals surface area (Å²) in [5, 5.41) is 2.84. The first-order chi connectivity index (χ1) is 12.6. The molecule has 0 spiro atoms. The third kappa shape index (κ3) is 5.05. The van der Waals surface area contributed by atoms with Crippen LogP contribution in [-0.4, -0.2) is 42.5 Å². The number of hydrogen-bond acceptors (Lipinski definition) is 3. The Morgan fingerprint density at radius 1 is 1.15 bits per heavy atom. The Balaban J connectivity index is 1.42. The highest BCUT2D eigenvalue weighted by Gasteiger charge is 2.30. The van der Waals surface area contributed by atoms with Crippen LogP contribution in [0.2, 0.25) is 0 Å². The van der Waals surface area contributed by atoms with Crippen molar-refractivity contribution in [3.63, 3.8) is 0 Å². The van der Waals surface area contributed by atoms with E-state index in [0.717, 1.165) is 5.56 Å². The first-order valence-electron chi connectivity index (χ1n) is 8.59. The molecule has 26 heavy (non-hydrogen) atoms. The molecular formula is C20H21FN2O3. The monoisotopic (exact) mass is 356 g/mol.